The van der Waals surface area contributed by atoms with Crippen molar-refractivity contribution >= 4 is 36.4 Å². The Balaban J connectivity index is 1.33. The summed E-state index contributed by atoms with van der Waals surface area (Å²) in [6.07, 6.45) is -0.343. The van der Waals surface area contributed by atoms with E-state index in [0.29, 0.717) is 36.5 Å². The molecule has 0 radical (unpaired) electrons. The molecule has 2 unspecified atom stereocenters. The summed E-state index contributed by atoms with van der Waals surface area (Å²) in [5, 5.41) is 3.00. The van der Waals surface area contributed by atoms with E-state index in [-0.39, 0.29) is 40.1 Å². The number of carbonyl (C=O) groups is 3. The normalized spacial score (nSPS) is 16.3. The number of esters is 1. The molecule has 4 aromatic carbocycles. The SMILES string of the molecule is CC(C)C(C)(C)[Si](C)(C)Oc1ccc(C(=O)NC2CCCCN(C(=O)OC(C)(C)C)C2OC(=O)c2ccc(S(=O)(=O)Oc3ccccc3OCc3ccccc3)cc2)cc1. The summed E-state index contributed by atoms with van der Waals surface area (Å²) in [6.45, 7) is 18.8. The van der Waals surface area contributed by atoms with Crippen molar-refractivity contribution in [3.05, 3.63) is 120 Å². The van der Waals surface area contributed by atoms with E-state index in [4.69, 9.17) is 22.8 Å². The van der Waals surface area contributed by atoms with Gasteiger partial charge in [-0.3, -0.25) is 9.69 Å². The lowest BCUT2D eigenvalue weighted by Crippen LogP contribution is -2.55. The summed E-state index contributed by atoms with van der Waals surface area (Å²) < 4.78 is 56.5. The van der Waals surface area contributed by atoms with Gasteiger partial charge < -0.3 is 28.1 Å². The lowest BCUT2D eigenvalue weighted by atomic mass is 9.99. The number of carbonyl (C=O) groups excluding carboxylic acids is 3. The van der Waals surface area contributed by atoms with Gasteiger partial charge in [0.1, 0.15) is 22.9 Å². The van der Waals surface area contributed by atoms with Crippen LogP contribution < -0.4 is 18.7 Å². The summed E-state index contributed by atoms with van der Waals surface area (Å²) in [7, 11) is -6.55. The Labute approximate surface area is 355 Å². The van der Waals surface area contributed by atoms with Crippen LogP contribution in [0.2, 0.25) is 18.1 Å². The van der Waals surface area contributed by atoms with Crippen molar-refractivity contribution in [3.63, 3.8) is 0 Å². The lowest BCUT2D eigenvalue weighted by molar-refractivity contribution is -0.0556. The first-order valence-electron chi connectivity index (χ1n) is 20.3. The van der Waals surface area contributed by atoms with Crippen molar-refractivity contribution in [1.29, 1.82) is 0 Å². The maximum atomic E-state index is 13.8. The van der Waals surface area contributed by atoms with E-state index in [0.717, 1.165) is 5.56 Å². The smallest absolute Gasteiger partial charge is 0.413 e. The fourth-order valence-electron chi connectivity index (χ4n) is 6.46. The molecule has 60 heavy (non-hydrogen) atoms. The number of nitrogens with one attached hydrogen (secondary N) is 1. The summed E-state index contributed by atoms with van der Waals surface area (Å²) in [5.74, 6) is 0.0821. The van der Waals surface area contributed by atoms with Crippen LogP contribution in [0.1, 0.15) is 94.0 Å². The molecule has 322 valence electrons. The quantitative estimate of drug-likeness (QED) is 0.0739. The molecule has 12 nitrogen and oxygen atoms in total. The number of likely N-dealkylation sites (tertiary alicyclic amines) is 1. The largest absolute Gasteiger partial charge is 0.543 e. The standard InChI is InChI=1S/C46H58N2O10SSi/c1-32(2)46(6,7)60(8,9)58-36-26-22-34(23-27-36)41(49)47-38-19-15-16-30-48(44(51)56-45(3,4)5)42(38)55-43(50)35-24-28-37(29-25-35)59(52,53)57-40-21-14-13-20-39(40)54-31-33-17-11-10-12-18-33/h10-14,17-18,20-29,32,38,42H,15-16,19,30-31H2,1-9H3,(H,47,49). The van der Waals surface area contributed by atoms with Crippen LogP contribution in [0.15, 0.2) is 108 Å². The molecule has 1 fully saturated rings. The molecule has 5 rings (SSSR count). The molecule has 2 atom stereocenters. The molecule has 0 bridgehead atoms. The molecule has 0 saturated carbocycles. The second-order valence-electron chi connectivity index (χ2n) is 17.3. The first kappa shape index (κ1) is 45.7. The molecule has 0 spiro atoms. The predicted octanol–water partition coefficient (Wildman–Crippen LogP) is 9.76. The van der Waals surface area contributed by atoms with Crippen molar-refractivity contribution in [1.82, 2.24) is 10.2 Å². The highest BCUT2D eigenvalue weighted by Gasteiger charge is 2.45. The second kappa shape index (κ2) is 18.9. The van der Waals surface area contributed by atoms with Crippen LogP contribution in [-0.4, -0.2) is 64.0 Å². The van der Waals surface area contributed by atoms with Crippen LogP contribution in [0, 0.1) is 5.92 Å². The van der Waals surface area contributed by atoms with E-state index in [9.17, 15) is 22.8 Å². The number of ether oxygens (including phenoxy) is 3. The zero-order valence-corrected chi connectivity index (χ0v) is 37.8. The average Bonchev–Trinajstić information content (AvgIpc) is 3.38. The van der Waals surface area contributed by atoms with Crippen molar-refractivity contribution in [2.75, 3.05) is 6.54 Å². The van der Waals surface area contributed by atoms with Gasteiger partial charge in [0.2, 0.25) is 6.23 Å². The molecule has 14 heteroatoms. The second-order valence-corrected chi connectivity index (χ2v) is 23.4. The Bertz CT molecular complexity index is 2200. The third kappa shape index (κ3) is 11.7. The van der Waals surface area contributed by atoms with E-state index in [2.05, 4.69) is 46.1 Å². The summed E-state index contributed by atoms with van der Waals surface area (Å²) in [6, 6.07) is 27.1. The van der Waals surface area contributed by atoms with Gasteiger partial charge in [0, 0.05) is 12.1 Å². The van der Waals surface area contributed by atoms with Crippen molar-refractivity contribution < 1.29 is 45.6 Å². The summed E-state index contributed by atoms with van der Waals surface area (Å²) in [4.78, 5) is 42.3. The average molecular weight is 859 g/mol. The third-order valence-corrected chi connectivity index (χ3v) is 16.8. The monoisotopic (exact) mass is 858 g/mol. The number of hydrogen-bond donors (Lipinski definition) is 1. The van der Waals surface area contributed by atoms with Gasteiger partial charge in [-0.15, -0.1) is 0 Å². The van der Waals surface area contributed by atoms with Gasteiger partial charge in [-0.1, -0.05) is 70.2 Å². The van der Waals surface area contributed by atoms with E-state index < -0.39 is 54.3 Å². The minimum absolute atomic E-state index is 0.00108. The molecule has 1 saturated heterocycles. The van der Waals surface area contributed by atoms with Crippen LogP contribution in [-0.2, 0) is 26.2 Å². The molecular formula is C46H58N2O10SSi. The van der Waals surface area contributed by atoms with E-state index in [1.54, 1.807) is 63.2 Å². The van der Waals surface area contributed by atoms with Gasteiger partial charge in [-0.2, -0.15) is 8.42 Å². The number of benzene rings is 4. The van der Waals surface area contributed by atoms with Gasteiger partial charge in [0.25, 0.3) is 14.2 Å². The van der Waals surface area contributed by atoms with Crippen molar-refractivity contribution in [2.45, 2.75) is 115 Å². The first-order valence-corrected chi connectivity index (χ1v) is 24.6. The lowest BCUT2D eigenvalue weighted by Gasteiger charge is -2.42. The van der Waals surface area contributed by atoms with E-state index >= 15 is 0 Å². The molecule has 1 aliphatic heterocycles. The molecule has 4 aromatic rings. The van der Waals surface area contributed by atoms with Crippen LogP contribution in [0.5, 0.6) is 17.2 Å². The topological polar surface area (TPSA) is 147 Å². The predicted molar refractivity (Wildman–Crippen MR) is 232 cm³/mol. The molecule has 2 amide bonds. The highest BCUT2D eigenvalue weighted by molar-refractivity contribution is 7.87. The first-order chi connectivity index (χ1) is 28.2. The van der Waals surface area contributed by atoms with E-state index in [1.165, 1.54) is 35.2 Å². The molecular weight excluding hydrogens is 801 g/mol. The Hall–Kier alpha value is -5.34. The van der Waals surface area contributed by atoms with Gasteiger partial charge in [0.05, 0.1) is 11.6 Å². The molecule has 1 N–H and O–H groups in total. The third-order valence-electron chi connectivity index (χ3n) is 11.1. The number of para-hydroxylation sites is 2. The number of hydrogen-bond acceptors (Lipinski definition) is 10. The Morgan fingerprint density at radius 2 is 1.40 bits per heavy atom. The highest BCUT2D eigenvalue weighted by Crippen LogP contribution is 2.45. The summed E-state index contributed by atoms with van der Waals surface area (Å²) >= 11 is 0. The Morgan fingerprint density at radius 3 is 2.02 bits per heavy atom. The van der Waals surface area contributed by atoms with Crippen LogP contribution in [0.3, 0.4) is 0 Å². The van der Waals surface area contributed by atoms with Crippen molar-refractivity contribution in [3.8, 4) is 17.2 Å². The van der Waals surface area contributed by atoms with E-state index in [1.807, 2.05) is 30.3 Å². The number of rotatable bonds is 14. The highest BCUT2D eigenvalue weighted by atomic mass is 32.2. The fraction of sp³-hybridized carbons (Fsp3) is 0.413. The van der Waals surface area contributed by atoms with Crippen molar-refractivity contribution in [2.24, 2.45) is 5.92 Å². The minimum Gasteiger partial charge on any atom is -0.543 e. The Morgan fingerprint density at radius 1 is 0.800 bits per heavy atom. The zero-order chi connectivity index (χ0) is 43.9. The van der Waals surface area contributed by atoms with Crippen LogP contribution >= 0.6 is 0 Å². The molecule has 0 aliphatic carbocycles. The molecule has 1 heterocycles. The molecule has 0 aromatic heterocycles. The number of nitrogens with zero attached hydrogens (tertiary/aromatic N) is 1. The molecule has 1 aliphatic rings. The van der Waals surface area contributed by atoms with Crippen LogP contribution in [0.4, 0.5) is 4.79 Å². The van der Waals surface area contributed by atoms with Gasteiger partial charge >= 0.3 is 22.2 Å². The number of amides is 2. The van der Waals surface area contributed by atoms with Crippen LogP contribution in [0.25, 0.3) is 0 Å². The fourth-order valence-corrected chi connectivity index (χ4v) is 9.78. The Kier molecular flexibility index (Phi) is 14.4. The van der Waals surface area contributed by atoms with Gasteiger partial charge in [0.15, 0.2) is 11.5 Å². The zero-order valence-electron chi connectivity index (χ0n) is 36.0. The maximum Gasteiger partial charge on any atom is 0.413 e. The van der Waals surface area contributed by atoms with Gasteiger partial charge in [-0.25, -0.2) is 9.59 Å². The maximum absolute atomic E-state index is 13.8. The minimum atomic E-state index is -4.36. The summed E-state index contributed by atoms with van der Waals surface area (Å²) in [5.41, 5.74) is 0.432. The van der Waals surface area contributed by atoms with Gasteiger partial charge in [-0.05, 0) is 130 Å².